The average molecular weight is 631 g/mol. The van der Waals surface area contributed by atoms with Crippen LogP contribution in [-0.2, 0) is 0 Å². The van der Waals surface area contributed by atoms with Crippen LogP contribution in [0.25, 0.3) is 81.8 Å². The SMILES string of the molecule is N#Cc1c(-c2nc(-c3ccccc3)nc(-c3ccccc3)n2)ccc(-n2c3ccccc3c3c4sc5ccccc5c4ccc32)c1C#N. The Hall–Kier alpha value is -6.67. The van der Waals surface area contributed by atoms with Gasteiger partial charge < -0.3 is 4.57 Å². The molecule has 222 valence electrons. The predicted molar refractivity (Wildman–Crippen MR) is 193 cm³/mol. The van der Waals surface area contributed by atoms with Crippen LogP contribution in [0.1, 0.15) is 11.1 Å². The molecule has 0 radical (unpaired) electrons. The van der Waals surface area contributed by atoms with Gasteiger partial charge in [0.15, 0.2) is 17.5 Å². The normalized spacial score (nSPS) is 11.3. The van der Waals surface area contributed by atoms with Gasteiger partial charge in [0.05, 0.1) is 27.8 Å². The van der Waals surface area contributed by atoms with E-state index in [4.69, 9.17) is 15.0 Å². The van der Waals surface area contributed by atoms with E-state index in [0.29, 0.717) is 28.7 Å². The van der Waals surface area contributed by atoms with Crippen molar-refractivity contribution in [2.75, 3.05) is 0 Å². The molecule has 0 spiro atoms. The van der Waals surface area contributed by atoms with Gasteiger partial charge in [-0.1, -0.05) is 103 Å². The molecule has 3 heterocycles. The molecule has 48 heavy (non-hydrogen) atoms. The van der Waals surface area contributed by atoms with Gasteiger partial charge in [-0.2, -0.15) is 10.5 Å². The van der Waals surface area contributed by atoms with Crippen molar-refractivity contribution in [2.45, 2.75) is 0 Å². The molecule has 0 aliphatic heterocycles. The van der Waals surface area contributed by atoms with Gasteiger partial charge in [-0.3, -0.25) is 0 Å². The number of hydrogen-bond acceptors (Lipinski definition) is 6. The van der Waals surface area contributed by atoms with Crippen LogP contribution >= 0.6 is 11.3 Å². The van der Waals surface area contributed by atoms with E-state index in [-0.39, 0.29) is 11.1 Å². The van der Waals surface area contributed by atoms with Crippen LogP contribution in [0.4, 0.5) is 0 Å². The summed E-state index contributed by atoms with van der Waals surface area (Å²) >= 11 is 1.78. The highest BCUT2D eigenvalue weighted by Crippen LogP contribution is 2.44. The van der Waals surface area contributed by atoms with Gasteiger partial charge in [-0.05, 0) is 30.3 Å². The largest absolute Gasteiger partial charge is 0.308 e. The summed E-state index contributed by atoms with van der Waals surface area (Å²) in [5.41, 5.74) is 5.17. The van der Waals surface area contributed by atoms with E-state index >= 15 is 0 Å². The highest BCUT2D eigenvalue weighted by Gasteiger charge is 2.23. The average Bonchev–Trinajstić information content (AvgIpc) is 3.70. The zero-order chi connectivity index (χ0) is 32.2. The maximum atomic E-state index is 10.7. The summed E-state index contributed by atoms with van der Waals surface area (Å²) in [5.74, 6) is 1.30. The number of nitrogens with zero attached hydrogens (tertiary/aromatic N) is 6. The predicted octanol–water partition coefficient (Wildman–Crippen LogP) is 10.1. The van der Waals surface area contributed by atoms with Crippen molar-refractivity contribution in [3.63, 3.8) is 0 Å². The Bertz CT molecular complexity index is 2740. The summed E-state index contributed by atoms with van der Waals surface area (Å²) in [6.45, 7) is 0. The molecule has 0 bridgehead atoms. The lowest BCUT2D eigenvalue weighted by atomic mass is 9.99. The van der Waals surface area contributed by atoms with E-state index in [9.17, 15) is 10.5 Å². The van der Waals surface area contributed by atoms with Gasteiger partial charge in [-0.25, -0.2) is 15.0 Å². The summed E-state index contributed by atoms with van der Waals surface area (Å²) in [6.07, 6.45) is 0. The lowest BCUT2D eigenvalue weighted by Crippen LogP contribution is -2.05. The fraction of sp³-hybridized carbons (Fsp3) is 0. The van der Waals surface area contributed by atoms with Crippen LogP contribution in [-0.4, -0.2) is 19.5 Å². The van der Waals surface area contributed by atoms with Crippen molar-refractivity contribution in [1.82, 2.24) is 19.5 Å². The van der Waals surface area contributed by atoms with Crippen molar-refractivity contribution in [2.24, 2.45) is 0 Å². The maximum Gasteiger partial charge on any atom is 0.165 e. The van der Waals surface area contributed by atoms with E-state index in [1.807, 2.05) is 84.9 Å². The van der Waals surface area contributed by atoms with Crippen molar-refractivity contribution in [3.8, 4) is 52.0 Å². The molecule has 0 N–H and O–H groups in total. The lowest BCUT2D eigenvalue weighted by Gasteiger charge is -2.14. The molecule has 9 rings (SSSR count). The van der Waals surface area contributed by atoms with Gasteiger partial charge in [0.1, 0.15) is 12.1 Å². The number of aromatic nitrogens is 4. The summed E-state index contributed by atoms with van der Waals surface area (Å²) in [4.78, 5) is 14.5. The Labute approximate surface area is 279 Å². The fourth-order valence-electron chi connectivity index (χ4n) is 6.62. The Kier molecular flexibility index (Phi) is 6.33. The van der Waals surface area contributed by atoms with Crippen LogP contribution in [0.3, 0.4) is 0 Å². The van der Waals surface area contributed by atoms with Gasteiger partial charge in [0, 0.05) is 47.6 Å². The van der Waals surface area contributed by atoms with Crippen LogP contribution in [0.5, 0.6) is 0 Å². The minimum atomic E-state index is 0.216. The number of fused-ring (bicyclic) bond motifs is 7. The number of para-hydroxylation sites is 1. The third-order valence-corrected chi connectivity index (χ3v) is 9.97. The van der Waals surface area contributed by atoms with Crippen LogP contribution in [0.15, 0.2) is 133 Å². The molecule has 0 amide bonds. The monoisotopic (exact) mass is 630 g/mol. The highest BCUT2D eigenvalue weighted by molar-refractivity contribution is 7.26. The van der Waals surface area contributed by atoms with E-state index in [1.165, 1.54) is 20.2 Å². The molecule has 7 heteroatoms. The summed E-state index contributed by atoms with van der Waals surface area (Å²) < 4.78 is 4.54. The molecule has 6 aromatic carbocycles. The molecule has 0 saturated carbocycles. The number of hydrogen-bond donors (Lipinski definition) is 0. The van der Waals surface area contributed by atoms with Crippen molar-refractivity contribution < 1.29 is 0 Å². The summed E-state index contributed by atoms with van der Waals surface area (Å²) in [6, 6.07) is 48.9. The minimum absolute atomic E-state index is 0.216. The first-order valence-corrected chi connectivity index (χ1v) is 16.2. The summed E-state index contributed by atoms with van der Waals surface area (Å²) in [5, 5.41) is 26.0. The van der Waals surface area contributed by atoms with E-state index in [0.717, 1.165) is 32.9 Å². The van der Waals surface area contributed by atoms with Crippen molar-refractivity contribution in [1.29, 1.82) is 10.5 Å². The molecular formula is C41H22N6S. The summed E-state index contributed by atoms with van der Waals surface area (Å²) in [7, 11) is 0. The number of thiophene rings is 1. The van der Waals surface area contributed by atoms with Crippen molar-refractivity contribution >= 4 is 53.3 Å². The van der Waals surface area contributed by atoms with E-state index in [2.05, 4.69) is 65.2 Å². The van der Waals surface area contributed by atoms with E-state index < -0.39 is 0 Å². The van der Waals surface area contributed by atoms with Crippen molar-refractivity contribution in [3.05, 3.63) is 145 Å². The van der Waals surface area contributed by atoms with Gasteiger partial charge in [-0.15, -0.1) is 11.3 Å². The van der Waals surface area contributed by atoms with Crippen LogP contribution < -0.4 is 0 Å². The first-order valence-electron chi connectivity index (χ1n) is 15.4. The quantitative estimate of drug-likeness (QED) is 0.193. The van der Waals surface area contributed by atoms with E-state index in [1.54, 1.807) is 11.3 Å². The zero-order valence-corrected chi connectivity index (χ0v) is 26.1. The third kappa shape index (κ3) is 4.20. The Morgan fingerprint density at radius 2 is 1.10 bits per heavy atom. The molecule has 0 atom stereocenters. The Morgan fingerprint density at radius 3 is 1.79 bits per heavy atom. The smallest absolute Gasteiger partial charge is 0.165 e. The van der Waals surface area contributed by atoms with Gasteiger partial charge in [0.2, 0.25) is 0 Å². The third-order valence-electron chi connectivity index (χ3n) is 8.77. The molecule has 0 unspecified atom stereocenters. The number of benzene rings is 6. The fourth-order valence-corrected chi connectivity index (χ4v) is 7.88. The van der Waals surface area contributed by atoms with Crippen LogP contribution in [0.2, 0.25) is 0 Å². The van der Waals surface area contributed by atoms with Gasteiger partial charge in [0.25, 0.3) is 0 Å². The molecule has 0 aliphatic rings. The second-order valence-corrected chi connectivity index (χ2v) is 12.5. The first-order chi connectivity index (χ1) is 23.7. The van der Waals surface area contributed by atoms with Crippen LogP contribution in [0, 0.1) is 22.7 Å². The number of nitriles is 2. The molecule has 0 saturated heterocycles. The molecular weight excluding hydrogens is 609 g/mol. The molecule has 0 fully saturated rings. The lowest BCUT2D eigenvalue weighted by molar-refractivity contribution is 1.07. The standard InChI is InChI=1S/C41H22N6S/c42-23-31-29(41-45-39(25-11-3-1-4-12-25)44-40(46-41)26-13-5-2-6-14-26)20-21-34(32(31)24-43)47-33-17-9-7-16-30(33)37-35(47)22-19-28-27-15-8-10-18-36(27)48-38(28)37/h1-22H. The highest BCUT2D eigenvalue weighted by atomic mass is 32.1. The second-order valence-electron chi connectivity index (χ2n) is 11.4. The maximum absolute atomic E-state index is 10.7. The van der Waals surface area contributed by atoms with Gasteiger partial charge >= 0.3 is 0 Å². The molecule has 0 aliphatic carbocycles. The Morgan fingerprint density at radius 1 is 0.500 bits per heavy atom. The second kappa shape index (κ2) is 11.0. The topological polar surface area (TPSA) is 91.2 Å². The minimum Gasteiger partial charge on any atom is -0.308 e. The zero-order valence-electron chi connectivity index (χ0n) is 25.3. The first kappa shape index (κ1) is 27.6. The Balaban J connectivity index is 1.31. The molecule has 6 nitrogen and oxygen atoms in total. The molecule has 3 aromatic heterocycles. The number of rotatable bonds is 4. The molecule has 9 aromatic rings.